The van der Waals surface area contributed by atoms with Gasteiger partial charge < -0.3 is 0 Å². The molecule has 0 spiro atoms. The van der Waals surface area contributed by atoms with Crippen LogP contribution in [0.15, 0.2) is 30.3 Å². The highest BCUT2D eigenvalue weighted by atomic mass is 32.2. The molecule has 0 bridgehead atoms. The lowest BCUT2D eigenvalue weighted by Crippen LogP contribution is -2.03. The average Bonchev–Trinajstić information content (AvgIpc) is 2.16. The molecule has 12 heavy (non-hydrogen) atoms. The van der Waals surface area contributed by atoms with Gasteiger partial charge >= 0.3 is 0 Å². The van der Waals surface area contributed by atoms with Crippen LogP contribution in [0, 0.1) is 0 Å². The van der Waals surface area contributed by atoms with Crippen molar-refractivity contribution in [1.29, 1.82) is 0 Å². The summed E-state index contributed by atoms with van der Waals surface area (Å²) in [6.07, 6.45) is 0. The molecule has 1 aromatic rings. The van der Waals surface area contributed by atoms with E-state index in [0.717, 1.165) is 5.75 Å². The largest absolute Gasteiger partial charge is 0.153 e. The van der Waals surface area contributed by atoms with E-state index < -0.39 is 0 Å². The van der Waals surface area contributed by atoms with Crippen molar-refractivity contribution >= 4 is 11.8 Å². The fraction of sp³-hybridized carbons (Fsp3) is 0.400. The first-order chi connectivity index (χ1) is 5.83. The quantitative estimate of drug-likeness (QED) is 0.695. The van der Waals surface area contributed by atoms with Crippen LogP contribution >= 0.6 is 11.8 Å². The van der Waals surface area contributed by atoms with E-state index in [4.69, 9.17) is 5.73 Å². The fourth-order valence-corrected chi connectivity index (χ4v) is 1.64. The predicted octanol–water partition coefficient (Wildman–Crippen LogP) is 2.38. The van der Waals surface area contributed by atoms with E-state index in [9.17, 15) is 0 Å². The van der Waals surface area contributed by atoms with Crippen LogP contribution in [0.25, 0.3) is 0 Å². The first-order valence-electron chi connectivity index (χ1n) is 4.09. The zero-order chi connectivity index (χ0) is 8.81. The van der Waals surface area contributed by atoms with Gasteiger partial charge in [-0.3, -0.25) is 0 Å². The standard InChI is InChI=1S/C10H13NS/c1-9(7-11)12-8-10-5-3-2-4-6-10/h2-6,9H,7-8H2,1H3. The SMILES string of the molecule is CC(C[N])SCc1ccccc1. The number of hydrogen-bond donors (Lipinski definition) is 0. The number of thioether (sulfide) groups is 1. The highest BCUT2D eigenvalue weighted by Gasteiger charge is 1.99. The Labute approximate surface area is 78.4 Å². The van der Waals surface area contributed by atoms with Gasteiger partial charge in [0.2, 0.25) is 0 Å². The van der Waals surface area contributed by atoms with Crippen LogP contribution in [0.5, 0.6) is 0 Å². The van der Waals surface area contributed by atoms with Crippen LogP contribution in [-0.4, -0.2) is 11.8 Å². The van der Waals surface area contributed by atoms with Crippen LogP contribution in [0.4, 0.5) is 0 Å². The molecule has 1 atom stereocenters. The minimum Gasteiger partial charge on any atom is -0.153 e. The molecule has 0 aliphatic rings. The molecule has 0 amide bonds. The summed E-state index contributed by atoms with van der Waals surface area (Å²) >= 11 is 1.78. The second-order valence-corrected chi connectivity index (χ2v) is 4.22. The third-order valence-corrected chi connectivity index (χ3v) is 2.85. The van der Waals surface area contributed by atoms with Gasteiger partial charge in [0.1, 0.15) is 0 Å². The second-order valence-electron chi connectivity index (χ2n) is 2.79. The molecule has 0 heterocycles. The maximum atomic E-state index is 8.79. The molecular weight excluding hydrogens is 166 g/mol. The molecule has 0 saturated carbocycles. The summed E-state index contributed by atoms with van der Waals surface area (Å²) in [4.78, 5) is 0. The average molecular weight is 179 g/mol. The highest BCUT2D eigenvalue weighted by Crippen LogP contribution is 2.16. The van der Waals surface area contributed by atoms with Crippen molar-refractivity contribution in [1.82, 2.24) is 5.73 Å². The van der Waals surface area contributed by atoms with Crippen molar-refractivity contribution in [2.75, 3.05) is 6.54 Å². The van der Waals surface area contributed by atoms with Crippen molar-refractivity contribution in [2.24, 2.45) is 0 Å². The summed E-state index contributed by atoms with van der Waals surface area (Å²) in [7, 11) is 0. The van der Waals surface area contributed by atoms with Crippen molar-refractivity contribution in [3.63, 3.8) is 0 Å². The Balaban J connectivity index is 2.33. The minimum atomic E-state index is 0.261. The van der Waals surface area contributed by atoms with Crippen LogP contribution < -0.4 is 5.73 Å². The Morgan fingerprint density at radius 3 is 2.58 bits per heavy atom. The molecule has 1 rings (SSSR count). The van der Waals surface area contributed by atoms with Gasteiger partial charge in [-0.05, 0) is 5.56 Å². The first-order valence-corrected chi connectivity index (χ1v) is 5.14. The second kappa shape index (κ2) is 5.22. The third kappa shape index (κ3) is 3.28. The minimum absolute atomic E-state index is 0.261. The lowest BCUT2D eigenvalue weighted by molar-refractivity contribution is 0.925. The van der Waals surface area contributed by atoms with Gasteiger partial charge in [-0.2, -0.15) is 11.8 Å². The summed E-state index contributed by atoms with van der Waals surface area (Å²) in [6.45, 7) is 2.30. The van der Waals surface area contributed by atoms with Gasteiger partial charge in [0, 0.05) is 17.5 Å². The third-order valence-electron chi connectivity index (χ3n) is 1.63. The van der Waals surface area contributed by atoms with E-state index in [0.29, 0.717) is 5.25 Å². The number of hydrogen-bond acceptors (Lipinski definition) is 1. The molecule has 2 radical (unpaired) electrons. The zero-order valence-corrected chi connectivity index (χ0v) is 8.05. The molecule has 1 aromatic carbocycles. The van der Waals surface area contributed by atoms with Crippen molar-refractivity contribution in [2.45, 2.75) is 17.9 Å². The summed E-state index contributed by atoms with van der Waals surface area (Å²) in [6, 6.07) is 10.3. The van der Waals surface area contributed by atoms with Crippen molar-refractivity contribution < 1.29 is 0 Å². The summed E-state index contributed by atoms with van der Waals surface area (Å²) in [5.74, 6) is 0.989. The normalized spacial score (nSPS) is 12.8. The molecule has 0 aromatic heterocycles. The topological polar surface area (TPSA) is 22.3 Å². The predicted molar refractivity (Wildman–Crippen MR) is 54.2 cm³/mol. The maximum absolute atomic E-state index is 8.79. The Morgan fingerprint density at radius 2 is 2.00 bits per heavy atom. The molecule has 0 aliphatic heterocycles. The lowest BCUT2D eigenvalue weighted by atomic mass is 10.2. The van der Waals surface area contributed by atoms with Crippen LogP contribution in [-0.2, 0) is 5.75 Å². The van der Waals surface area contributed by atoms with Gasteiger partial charge in [-0.1, -0.05) is 37.3 Å². The van der Waals surface area contributed by atoms with Gasteiger partial charge in [0.05, 0.1) is 0 Å². The maximum Gasteiger partial charge on any atom is 0.0438 e. The fourth-order valence-electron chi connectivity index (χ4n) is 0.865. The molecule has 64 valence electrons. The number of benzene rings is 1. The molecule has 0 saturated heterocycles. The Hall–Kier alpha value is -0.470. The van der Waals surface area contributed by atoms with E-state index in [1.54, 1.807) is 11.8 Å². The number of rotatable bonds is 4. The summed E-state index contributed by atoms with van der Waals surface area (Å²) in [5.41, 5.74) is 10.1. The Bertz CT molecular complexity index is 210. The van der Waals surface area contributed by atoms with Crippen molar-refractivity contribution in [3.8, 4) is 0 Å². The van der Waals surface area contributed by atoms with Crippen LogP contribution in [0.3, 0.4) is 0 Å². The van der Waals surface area contributed by atoms with E-state index in [1.165, 1.54) is 5.56 Å². The van der Waals surface area contributed by atoms with Gasteiger partial charge in [-0.25, -0.2) is 0 Å². The molecule has 1 nitrogen and oxygen atoms in total. The zero-order valence-electron chi connectivity index (χ0n) is 7.23. The Kier molecular flexibility index (Phi) is 4.19. The van der Waals surface area contributed by atoms with Crippen LogP contribution in [0.2, 0.25) is 0 Å². The number of nitrogens with zero attached hydrogens (tertiary/aromatic N) is 1. The van der Waals surface area contributed by atoms with Crippen LogP contribution in [0.1, 0.15) is 12.5 Å². The molecular formula is C10H13NS. The van der Waals surface area contributed by atoms with Gasteiger partial charge in [-0.15, -0.1) is 5.73 Å². The van der Waals surface area contributed by atoms with Crippen molar-refractivity contribution in [3.05, 3.63) is 35.9 Å². The van der Waals surface area contributed by atoms with E-state index in [2.05, 4.69) is 12.1 Å². The monoisotopic (exact) mass is 179 g/mol. The van der Waals surface area contributed by atoms with E-state index in [1.807, 2.05) is 25.1 Å². The van der Waals surface area contributed by atoms with Gasteiger partial charge in [0.15, 0.2) is 0 Å². The van der Waals surface area contributed by atoms with E-state index >= 15 is 0 Å². The van der Waals surface area contributed by atoms with E-state index in [-0.39, 0.29) is 6.54 Å². The summed E-state index contributed by atoms with van der Waals surface area (Å²) < 4.78 is 0. The molecule has 0 aliphatic carbocycles. The smallest absolute Gasteiger partial charge is 0.0438 e. The molecule has 2 heteroatoms. The molecule has 1 unspecified atom stereocenters. The first kappa shape index (κ1) is 9.62. The highest BCUT2D eigenvalue weighted by molar-refractivity contribution is 7.99. The van der Waals surface area contributed by atoms with Gasteiger partial charge in [0.25, 0.3) is 0 Å². The lowest BCUT2D eigenvalue weighted by Gasteiger charge is -2.06. The molecule has 0 fully saturated rings. The Morgan fingerprint density at radius 1 is 1.33 bits per heavy atom. The summed E-state index contributed by atoms with van der Waals surface area (Å²) in [5, 5.41) is 0.338. The molecule has 0 N–H and O–H groups in total.